The van der Waals surface area contributed by atoms with E-state index in [1.807, 2.05) is 47.8 Å². The first kappa shape index (κ1) is 18.9. The Balaban J connectivity index is 1.34. The second-order valence-corrected chi connectivity index (χ2v) is 7.52. The molecule has 1 amide bonds. The molecule has 146 valence electrons. The van der Waals surface area contributed by atoms with Crippen LogP contribution in [0.2, 0.25) is 0 Å². The highest BCUT2D eigenvalue weighted by atomic mass is 32.1. The van der Waals surface area contributed by atoms with Gasteiger partial charge in [0, 0.05) is 17.0 Å². The summed E-state index contributed by atoms with van der Waals surface area (Å²) in [5.41, 5.74) is 2.71. The van der Waals surface area contributed by atoms with Gasteiger partial charge in [0.2, 0.25) is 0 Å². The molecule has 0 atom stereocenters. The van der Waals surface area contributed by atoms with Crippen LogP contribution in [0.25, 0.3) is 0 Å². The second-order valence-electron chi connectivity index (χ2n) is 6.49. The minimum atomic E-state index is -0.131. The maximum absolute atomic E-state index is 12.6. The molecule has 0 aliphatic carbocycles. The third-order valence-corrected chi connectivity index (χ3v) is 5.16. The smallest absolute Gasteiger partial charge is 0.251 e. The Bertz CT molecular complexity index is 1060. The zero-order valence-electron chi connectivity index (χ0n) is 15.7. The summed E-state index contributed by atoms with van der Waals surface area (Å²) < 4.78 is 7.55. The molecule has 1 N–H and O–H groups in total. The van der Waals surface area contributed by atoms with E-state index in [0.717, 1.165) is 16.0 Å². The number of carbonyl (C=O) groups is 1. The molecule has 0 spiro atoms. The van der Waals surface area contributed by atoms with Gasteiger partial charge in [-0.15, -0.1) is 11.3 Å². The molecule has 0 bridgehead atoms. The molecular formula is C22H20N4O2S. The van der Waals surface area contributed by atoms with Gasteiger partial charge in [0.15, 0.2) is 0 Å². The van der Waals surface area contributed by atoms with Crippen LogP contribution in [0.3, 0.4) is 0 Å². The van der Waals surface area contributed by atoms with Crippen molar-refractivity contribution in [2.24, 2.45) is 0 Å². The number of aromatic nitrogens is 3. The summed E-state index contributed by atoms with van der Waals surface area (Å²) in [5.74, 6) is 0.550. The maximum Gasteiger partial charge on any atom is 0.251 e. The minimum Gasteiger partial charge on any atom is -0.488 e. The summed E-state index contributed by atoms with van der Waals surface area (Å²) in [6.45, 7) is 1.59. The number of hydrogen-bond donors (Lipinski definition) is 1. The van der Waals surface area contributed by atoms with E-state index in [1.54, 1.807) is 34.5 Å². The first-order chi connectivity index (χ1) is 14.3. The lowest BCUT2D eigenvalue weighted by atomic mass is 10.1. The van der Waals surface area contributed by atoms with Crippen LogP contribution in [0.4, 0.5) is 0 Å². The van der Waals surface area contributed by atoms with Crippen LogP contribution in [0.5, 0.6) is 5.75 Å². The standard InChI is InChI=1S/C22H20N4O2S/c27-22(19-6-2-7-20(11-19)28-14-21-8-3-9-29-21)24-12-17-4-1-5-18(10-17)13-26-16-23-15-25-26/h1-11,15-16H,12-14H2,(H,24,27). The molecule has 6 nitrogen and oxygen atoms in total. The van der Waals surface area contributed by atoms with Crippen LogP contribution in [0.15, 0.2) is 78.7 Å². The second kappa shape index (κ2) is 9.16. The fourth-order valence-electron chi connectivity index (χ4n) is 2.90. The predicted molar refractivity (Wildman–Crippen MR) is 112 cm³/mol. The highest BCUT2D eigenvalue weighted by Gasteiger charge is 2.08. The van der Waals surface area contributed by atoms with Gasteiger partial charge < -0.3 is 10.1 Å². The lowest BCUT2D eigenvalue weighted by molar-refractivity contribution is 0.0950. The van der Waals surface area contributed by atoms with Crippen molar-refractivity contribution in [2.45, 2.75) is 19.7 Å². The average Bonchev–Trinajstić information content (AvgIpc) is 3.45. The van der Waals surface area contributed by atoms with E-state index in [1.165, 1.54) is 6.33 Å². The lowest BCUT2D eigenvalue weighted by Crippen LogP contribution is -2.22. The number of nitrogens with one attached hydrogen (secondary N) is 1. The van der Waals surface area contributed by atoms with Crippen molar-refractivity contribution in [2.75, 3.05) is 0 Å². The van der Waals surface area contributed by atoms with Gasteiger partial charge in [0.05, 0.1) is 6.54 Å². The first-order valence-electron chi connectivity index (χ1n) is 9.20. The maximum atomic E-state index is 12.6. The van der Waals surface area contributed by atoms with Crippen LogP contribution in [-0.2, 0) is 19.7 Å². The molecular weight excluding hydrogens is 384 g/mol. The Labute approximate surface area is 172 Å². The van der Waals surface area contributed by atoms with Crippen molar-refractivity contribution in [3.05, 3.63) is 100 Å². The van der Waals surface area contributed by atoms with Crippen molar-refractivity contribution in [3.8, 4) is 5.75 Å². The number of benzene rings is 2. The van der Waals surface area contributed by atoms with E-state index < -0.39 is 0 Å². The molecule has 0 aliphatic rings. The van der Waals surface area contributed by atoms with Crippen molar-refractivity contribution in [3.63, 3.8) is 0 Å². The average molecular weight is 404 g/mol. The third kappa shape index (κ3) is 5.30. The molecule has 0 fully saturated rings. The van der Waals surface area contributed by atoms with Gasteiger partial charge in [-0.3, -0.25) is 4.79 Å². The molecule has 29 heavy (non-hydrogen) atoms. The SMILES string of the molecule is O=C(NCc1cccc(Cn2cncn2)c1)c1cccc(OCc2cccs2)c1. The molecule has 2 aromatic carbocycles. The third-order valence-electron chi connectivity index (χ3n) is 4.31. The quantitative estimate of drug-likeness (QED) is 0.484. The normalized spacial score (nSPS) is 10.6. The van der Waals surface area contributed by atoms with Gasteiger partial charge in [-0.2, -0.15) is 5.10 Å². The number of ether oxygens (including phenoxy) is 1. The highest BCUT2D eigenvalue weighted by Crippen LogP contribution is 2.17. The number of hydrogen-bond acceptors (Lipinski definition) is 5. The number of nitrogens with zero attached hydrogens (tertiary/aromatic N) is 3. The molecule has 7 heteroatoms. The van der Waals surface area contributed by atoms with Crippen molar-refractivity contribution in [1.82, 2.24) is 20.1 Å². The van der Waals surface area contributed by atoms with Gasteiger partial charge >= 0.3 is 0 Å². The molecule has 4 rings (SSSR count). The van der Waals surface area contributed by atoms with Crippen LogP contribution >= 0.6 is 11.3 Å². The van der Waals surface area contributed by atoms with Gasteiger partial charge in [0.1, 0.15) is 25.0 Å². The van der Waals surface area contributed by atoms with Crippen LogP contribution in [-0.4, -0.2) is 20.7 Å². The Morgan fingerprint density at radius 1 is 1.07 bits per heavy atom. The Morgan fingerprint density at radius 3 is 2.79 bits per heavy atom. The Morgan fingerprint density at radius 2 is 1.97 bits per heavy atom. The molecule has 0 unspecified atom stereocenters. The van der Waals surface area contributed by atoms with E-state index in [0.29, 0.717) is 31.0 Å². The fraction of sp³-hybridized carbons (Fsp3) is 0.136. The van der Waals surface area contributed by atoms with Crippen LogP contribution in [0.1, 0.15) is 26.4 Å². The molecule has 0 saturated carbocycles. The molecule has 2 heterocycles. The Kier molecular flexibility index (Phi) is 5.97. The molecule has 0 aliphatic heterocycles. The number of rotatable bonds is 8. The van der Waals surface area contributed by atoms with Gasteiger partial charge in [-0.25, -0.2) is 9.67 Å². The summed E-state index contributed by atoms with van der Waals surface area (Å²) in [6.07, 6.45) is 3.20. The summed E-state index contributed by atoms with van der Waals surface area (Å²) in [5, 5.41) is 9.11. The lowest BCUT2D eigenvalue weighted by Gasteiger charge is -2.09. The first-order valence-corrected chi connectivity index (χ1v) is 10.1. The van der Waals surface area contributed by atoms with Crippen molar-refractivity contribution >= 4 is 17.2 Å². The van der Waals surface area contributed by atoms with Crippen molar-refractivity contribution in [1.29, 1.82) is 0 Å². The van der Waals surface area contributed by atoms with Gasteiger partial charge in [-0.05, 0) is 40.8 Å². The predicted octanol–water partition coefficient (Wildman–Crippen LogP) is 3.90. The minimum absolute atomic E-state index is 0.131. The fourth-order valence-corrected chi connectivity index (χ4v) is 3.52. The van der Waals surface area contributed by atoms with Crippen molar-refractivity contribution < 1.29 is 9.53 Å². The van der Waals surface area contributed by atoms with Gasteiger partial charge in [-0.1, -0.05) is 36.4 Å². The topological polar surface area (TPSA) is 69.0 Å². The van der Waals surface area contributed by atoms with E-state index in [2.05, 4.69) is 21.5 Å². The summed E-state index contributed by atoms with van der Waals surface area (Å²) >= 11 is 1.65. The van der Waals surface area contributed by atoms with Crippen LogP contribution in [0, 0.1) is 0 Å². The number of carbonyl (C=O) groups excluding carboxylic acids is 1. The molecule has 0 saturated heterocycles. The zero-order chi connectivity index (χ0) is 19.9. The van der Waals surface area contributed by atoms with Crippen LogP contribution < -0.4 is 10.1 Å². The largest absolute Gasteiger partial charge is 0.488 e. The number of amides is 1. The van der Waals surface area contributed by atoms with Gasteiger partial charge in [0.25, 0.3) is 5.91 Å². The Hall–Kier alpha value is -3.45. The highest BCUT2D eigenvalue weighted by molar-refractivity contribution is 7.09. The molecule has 0 radical (unpaired) electrons. The summed E-state index contributed by atoms with van der Waals surface area (Å²) in [6, 6.07) is 19.3. The van der Waals surface area contributed by atoms with E-state index in [4.69, 9.17) is 4.74 Å². The number of thiophene rings is 1. The van der Waals surface area contributed by atoms with E-state index in [-0.39, 0.29) is 5.91 Å². The monoisotopic (exact) mass is 404 g/mol. The van der Waals surface area contributed by atoms with E-state index in [9.17, 15) is 4.79 Å². The molecule has 4 aromatic rings. The molecule has 2 aromatic heterocycles. The van der Waals surface area contributed by atoms with E-state index >= 15 is 0 Å². The summed E-state index contributed by atoms with van der Waals surface area (Å²) in [4.78, 5) is 17.7. The summed E-state index contributed by atoms with van der Waals surface area (Å²) in [7, 11) is 0. The zero-order valence-corrected chi connectivity index (χ0v) is 16.5.